The Morgan fingerprint density at radius 1 is 1.61 bits per heavy atom. The van der Waals surface area contributed by atoms with E-state index in [4.69, 9.17) is 16.9 Å². The second-order valence-corrected chi connectivity index (χ2v) is 5.04. The van der Waals surface area contributed by atoms with Crippen molar-refractivity contribution in [2.75, 3.05) is 0 Å². The zero-order valence-corrected chi connectivity index (χ0v) is 12.2. The lowest BCUT2D eigenvalue weighted by molar-refractivity contribution is -0.117. The highest BCUT2D eigenvalue weighted by atomic mass is 79.9. The third-order valence-corrected chi connectivity index (χ3v) is 2.79. The van der Waals surface area contributed by atoms with Crippen molar-refractivity contribution in [1.82, 2.24) is 10.3 Å². The van der Waals surface area contributed by atoms with Gasteiger partial charge >= 0.3 is 0 Å². The summed E-state index contributed by atoms with van der Waals surface area (Å²) in [7, 11) is 0. The number of rotatable bonds is 3. The number of nitrogens with zero attached hydrogens (tertiary/aromatic N) is 2. The Morgan fingerprint density at radius 2 is 2.28 bits per heavy atom. The molecule has 1 aromatic heterocycles. The molecule has 1 heterocycles. The van der Waals surface area contributed by atoms with Gasteiger partial charge in [0, 0.05) is 10.5 Å². The average Bonchev–Trinajstić information content (AvgIpc) is 2.29. The summed E-state index contributed by atoms with van der Waals surface area (Å²) in [6, 6.07) is 5.13. The molecule has 0 aliphatic carbocycles. The number of hydrogen-bond acceptors (Lipinski definition) is 3. The van der Waals surface area contributed by atoms with Crippen LogP contribution in [0.1, 0.15) is 19.5 Å². The third kappa shape index (κ3) is 4.13. The maximum Gasteiger partial charge on any atom is 0.262 e. The molecule has 94 valence electrons. The minimum Gasteiger partial charge on any atom is -0.349 e. The Labute approximate surface area is 119 Å². The molecule has 1 amide bonds. The molecule has 4 nitrogen and oxygen atoms in total. The van der Waals surface area contributed by atoms with Crippen molar-refractivity contribution < 1.29 is 4.79 Å². The molecule has 0 fully saturated rings. The largest absolute Gasteiger partial charge is 0.349 e. The first-order valence-electron chi connectivity index (χ1n) is 5.18. The minimum atomic E-state index is -0.429. The zero-order chi connectivity index (χ0) is 13.7. The van der Waals surface area contributed by atoms with E-state index < -0.39 is 5.91 Å². The van der Waals surface area contributed by atoms with E-state index in [9.17, 15) is 4.79 Å². The lowest BCUT2D eigenvalue weighted by atomic mass is 10.2. The van der Waals surface area contributed by atoms with Crippen LogP contribution in [0.3, 0.4) is 0 Å². The van der Waals surface area contributed by atoms with Gasteiger partial charge in [-0.1, -0.05) is 11.6 Å². The van der Waals surface area contributed by atoms with Gasteiger partial charge in [0.2, 0.25) is 0 Å². The summed E-state index contributed by atoms with van der Waals surface area (Å²) < 4.78 is 0.664. The van der Waals surface area contributed by atoms with Crippen molar-refractivity contribution >= 4 is 39.5 Å². The number of amides is 1. The molecule has 0 saturated heterocycles. The second kappa shape index (κ2) is 6.53. The number of carbonyl (C=O) groups excluding carboxylic acids is 1. The second-order valence-electron chi connectivity index (χ2n) is 3.80. The molecule has 0 bridgehead atoms. The molecule has 1 aromatic rings. The van der Waals surface area contributed by atoms with Crippen LogP contribution in [0, 0.1) is 11.3 Å². The molecule has 1 rings (SSSR count). The number of aromatic nitrogens is 1. The summed E-state index contributed by atoms with van der Waals surface area (Å²) >= 11 is 9.04. The molecule has 0 aromatic carbocycles. The maximum atomic E-state index is 11.7. The summed E-state index contributed by atoms with van der Waals surface area (Å²) in [5.74, 6) is -0.429. The molecule has 18 heavy (non-hydrogen) atoms. The van der Waals surface area contributed by atoms with Crippen LogP contribution in [0.2, 0.25) is 5.15 Å². The van der Waals surface area contributed by atoms with Crippen molar-refractivity contribution in [3.8, 4) is 6.07 Å². The van der Waals surface area contributed by atoms with E-state index in [2.05, 4.69) is 26.2 Å². The van der Waals surface area contributed by atoms with Crippen molar-refractivity contribution in [2.45, 2.75) is 19.9 Å². The van der Waals surface area contributed by atoms with E-state index in [1.807, 2.05) is 19.9 Å². The minimum absolute atomic E-state index is 0.0147. The number of halogens is 2. The van der Waals surface area contributed by atoms with Crippen LogP contribution in [0.4, 0.5) is 0 Å². The Bertz CT molecular complexity index is 535. The van der Waals surface area contributed by atoms with Crippen molar-refractivity contribution in [1.29, 1.82) is 5.26 Å². The molecule has 0 saturated carbocycles. The van der Waals surface area contributed by atoms with Crippen molar-refractivity contribution in [3.63, 3.8) is 0 Å². The molecule has 0 atom stereocenters. The number of nitriles is 1. The van der Waals surface area contributed by atoms with E-state index >= 15 is 0 Å². The van der Waals surface area contributed by atoms with Gasteiger partial charge in [-0.15, -0.1) is 0 Å². The van der Waals surface area contributed by atoms with Crippen molar-refractivity contribution in [2.24, 2.45) is 0 Å². The molecule has 0 spiro atoms. The van der Waals surface area contributed by atoms with Crippen molar-refractivity contribution in [3.05, 3.63) is 33.0 Å². The van der Waals surface area contributed by atoms with E-state index in [1.54, 1.807) is 12.1 Å². The van der Waals surface area contributed by atoms with Gasteiger partial charge in [0.05, 0.1) is 5.69 Å². The van der Waals surface area contributed by atoms with Crippen LogP contribution < -0.4 is 5.32 Å². The van der Waals surface area contributed by atoms with Crippen LogP contribution in [0.15, 0.2) is 22.2 Å². The quantitative estimate of drug-likeness (QED) is 0.527. The molecular weight excluding hydrogens is 318 g/mol. The molecule has 0 aliphatic rings. The Kier molecular flexibility index (Phi) is 5.32. The van der Waals surface area contributed by atoms with Gasteiger partial charge in [-0.3, -0.25) is 4.79 Å². The molecular formula is C12H11BrClN3O. The van der Waals surface area contributed by atoms with Gasteiger partial charge in [-0.05, 0) is 48.0 Å². The summed E-state index contributed by atoms with van der Waals surface area (Å²) in [6.45, 7) is 3.64. The SMILES string of the molecule is CC(C)NC(=O)/C(C#N)=C/c1nc(Cl)ccc1Br. The number of carbonyl (C=O) groups is 1. The van der Waals surface area contributed by atoms with E-state index in [1.165, 1.54) is 6.08 Å². The number of pyridine rings is 1. The predicted octanol–water partition coefficient (Wildman–Crippen LogP) is 2.93. The summed E-state index contributed by atoms with van der Waals surface area (Å²) in [4.78, 5) is 15.7. The fourth-order valence-corrected chi connectivity index (χ4v) is 1.65. The summed E-state index contributed by atoms with van der Waals surface area (Å²) in [5, 5.41) is 11.9. The number of nitrogens with one attached hydrogen (secondary N) is 1. The van der Waals surface area contributed by atoms with E-state index in [-0.39, 0.29) is 11.6 Å². The Balaban J connectivity index is 3.08. The van der Waals surface area contributed by atoms with Gasteiger partial charge < -0.3 is 5.32 Å². The first-order chi connectivity index (χ1) is 8.43. The highest BCUT2D eigenvalue weighted by Gasteiger charge is 2.11. The molecule has 0 aliphatic heterocycles. The van der Waals surface area contributed by atoms with Crippen LogP contribution in [-0.2, 0) is 4.79 Å². The predicted molar refractivity (Wildman–Crippen MR) is 73.8 cm³/mol. The van der Waals surface area contributed by atoms with E-state index in [0.29, 0.717) is 15.3 Å². The lowest BCUT2D eigenvalue weighted by Crippen LogP contribution is -2.30. The Morgan fingerprint density at radius 3 is 2.83 bits per heavy atom. The van der Waals surface area contributed by atoms with Crippen LogP contribution in [0.25, 0.3) is 6.08 Å². The first-order valence-corrected chi connectivity index (χ1v) is 6.36. The average molecular weight is 329 g/mol. The number of hydrogen-bond donors (Lipinski definition) is 1. The fraction of sp³-hybridized carbons (Fsp3) is 0.250. The smallest absolute Gasteiger partial charge is 0.262 e. The lowest BCUT2D eigenvalue weighted by Gasteiger charge is -2.07. The Hall–Kier alpha value is -1.38. The van der Waals surface area contributed by atoms with Crippen LogP contribution in [0.5, 0.6) is 0 Å². The van der Waals surface area contributed by atoms with Crippen LogP contribution in [-0.4, -0.2) is 16.9 Å². The van der Waals surface area contributed by atoms with Gasteiger partial charge in [0.15, 0.2) is 0 Å². The highest BCUT2D eigenvalue weighted by molar-refractivity contribution is 9.10. The standard InChI is InChI=1S/C12H11BrClN3O/c1-7(2)16-12(18)8(6-15)5-10-9(13)3-4-11(14)17-10/h3-5,7H,1-2H3,(H,16,18)/b8-5+. The first kappa shape index (κ1) is 14.7. The molecule has 6 heteroatoms. The third-order valence-electron chi connectivity index (χ3n) is 1.91. The zero-order valence-electron chi connectivity index (χ0n) is 9.87. The van der Waals surface area contributed by atoms with Gasteiger partial charge in [-0.25, -0.2) is 4.98 Å². The van der Waals surface area contributed by atoms with E-state index in [0.717, 1.165) is 0 Å². The maximum absolute atomic E-state index is 11.7. The van der Waals surface area contributed by atoms with Crippen LogP contribution >= 0.6 is 27.5 Å². The molecule has 0 radical (unpaired) electrons. The van der Waals surface area contributed by atoms with Gasteiger partial charge in [0.1, 0.15) is 16.8 Å². The fourth-order valence-electron chi connectivity index (χ4n) is 1.16. The summed E-state index contributed by atoms with van der Waals surface area (Å²) in [5.41, 5.74) is 0.428. The highest BCUT2D eigenvalue weighted by Crippen LogP contribution is 2.20. The normalized spacial score (nSPS) is 11.2. The molecule has 1 N–H and O–H groups in total. The monoisotopic (exact) mass is 327 g/mol. The summed E-state index contributed by atoms with van der Waals surface area (Å²) in [6.07, 6.45) is 1.40. The van der Waals surface area contributed by atoms with Gasteiger partial charge in [-0.2, -0.15) is 5.26 Å². The topological polar surface area (TPSA) is 65.8 Å². The molecule has 0 unspecified atom stereocenters. The van der Waals surface area contributed by atoms with Gasteiger partial charge in [0.25, 0.3) is 5.91 Å².